The Morgan fingerprint density at radius 1 is 1.14 bits per heavy atom. The number of ether oxygens (including phenoxy) is 2. The number of anilines is 1. The number of amides is 1. The molecule has 0 saturated carbocycles. The van der Waals surface area contributed by atoms with E-state index in [9.17, 15) is 9.59 Å². The van der Waals surface area contributed by atoms with Crippen LogP contribution < -0.4 is 4.90 Å². The molecular formula is C15H17NO5. The van der Waals surface area contributed by atoms with Crippen molar-refractivity contribution in [1.29, 1.82) is 0 Å². The number of carbonyl (C=O) groups is 2. The molecule has 0 unspecified atom stereocenters. The Labute approximate surface area is 122 Å². The molecular weight excluding hydrogens is 274 g/mol. The number of carboxylic acids is 1. The molecule has 1 N–H and O–H groups in total. The van der Waals surface area contributed by atoms with Crippen LogP contribution in [0.5, 0.6) is 0 Å². The van der Waals surface area contributed by atoms with Gasteiger partial charge in [0.2, 0.25) is 0 Å². The van der Waals surface area contributed by atoms with Crippen molar-refractivity contribution in [3.63, 3.8) is 0 Å². The summed E-state index contributed by atoms with van der Waals surface area (Å²) in [5.41, 5.74) is 0.476. The topological polar surface area (TPSA) is 76.1 Å². The Balaban J connectivity index is 1.73. The number of benzene rings is 1. The molecule has 2 saturated heterocycles. The monoisotopic (exact) mass is 291 g/mol. The maximum atomic E-state index is 12.2. The van der Waals surface area contributed by atoms with Crippen LogP contribution in [0.25, 0.3) is 0 Å². The second kappa shape index (κ2) is 5.37. The van der Waals surface area contributed by atoms with Gasteiger partial charge in [-0.1, -0.05) is 0 Å². The van der Waals surface area contributed by atoms with Crippen molar-refractivity contribution in [3.05, 3.63) is 29.8 Å². The zero-order chi connectivity index (χ0) is 14.9. The Hall–Kier alpha value is -2.08. The number of hydrogen-bond donors (Lipinski definition) is 1. The summed E-state index contributed by atoms with van der Waals surface area (Å²) in [5, 5.41) is 8.89. The molecule has 0 bridgehead atoms. The molecule has 1 aromatic carbocycles. The number of nitrogens with zero attached hydrogens (tertiary/aromatic N) is 1. The minimum absolute atomic E-state index is 0.199. The number of carbonyl (C=O) groups excluding carboxylic acids is 1. The van der Waals surface area contributed by atoms with E-state index in [0.717, 1.165) is 19.3 Å². The van der Waals surface area contributed by atoms with Crippen molar-refractivity contribution in [2.24, 2.45) is 0 Å². The molecule has 6 nitrogen and oxygen atoms in total. The van der Waals surface area contributed by atoms with E-state index in [2.05, 4.69) is 0 Å². The van der Waals surface area contributed by atoms with Crippen LogP contribution in [0.2, 0.25) is 0 Å². The average Bonchev–Trinajstić information content (AvgIpc) is 2.48. The van der Waals surface area contributed by atoms with Gasteiger partial charge in [0.1, 0.15) is 5.60 Å². The van der Waals surface area contributed by atoms with E-state index >= 15 is 0 Å². The highest BCUT2D eigenvalue weighted by Crippen LogP contribution is 2.34. The molecule has 2 heterocycles. The van der Waals surface area contributed by atoms with E-state index in [-0.39, 0.29) is 17.3 Å². The van der Waals surface area contributed by atoms with Gasteiger partial charge in [0.05, 0.1) is 18.8 Å². The molecule has 0 atom stereocenters. The SMILES string of the molecule is O=C(O)c1ccc(N2CCC3(CCOCC3)OC2=O)cc1. The van der Waals surface area contributed by atoms with Gasteiger partial charge in [0, 0.05) is 31.5 Å². The molecule has 1 aromatic rings. The summed E-state index contributed by atoms with van der Waals surface area (Å²) >= 11 is 0. The van der Waals surface area contributed by atoms with Crippen LogP contribution in [-0.2, 0) is 9.47 Å². The van der Waals surface area contributed by atoms with Crippen LogP contribution in [0, 0.1) is 0 Å². The summed E-state index contributed by atoms with van der Waals surface area (Å²) in [7, 11) is 0. The van der Waals surface area contributed by atoms with Gasteiger partial charge in [-0.3, -0.25) is 4.90 Å². The van der Waals surface area contributed by atoms with E-state index in [0.29, 0.717) is 25.4 Å². The van der Waals surface area contributed by atoms with Crippen molar-refractivity contribution in [3.8, 4) is 0 Å². The molecule has 2 aliphatic rings. The molecule has 6 heteroatoms. The number of hydrogen-bond acceptors (Lipinski definition) is 4. The lowest BCUT2D eigenvalue weighted by molar-refractivity contribution is -0.0805. The molecule has 21 heavy (non-hydrogen) atoms. The van der Waals surface area contributed by atoms with E-state index in [1.54, 1.807) is 17.0 Å². The molecule has 1 amide bonds. The van der Waals surface area contributed by atoms with Gasteiger partial charge < -0.3 is 14.6 Å². The summed E-state index contributed by atoms with van der Waals surface area (Å²) in [6.45, 7) is 1.83. The molecule has 3 rings (SSSR count). The number of aromatic carboxylic acids is 1. The fourth-order valence-electron chi connectivity index (χ4n) is 2.81. The third-order valence-corrected chi connectivity index (χ3v) is 4.15. The molecule has 0 aliphatic carbocycles. The van der Waals surface area contributed by atoms with Crippen molar-refractivity contribution < 1.29 is 24.2 Å². The van der Waals surface area contributed by atoms with E-state index < -0.39 is 5.97 Å². The molecule has 2 aliphatic heterocycles. The molecule has 0 radical (unpaired) electrons. The van der Waals surface area contributed by atoms with Crippen molar-refractivity contribution in [2.75, 3.05) is 24.7 Å². The summed E-state index contributed by atoms with van der Waals surface area (Å²) in [5.74, 6) is -0.982. The van der Waals surface area contributed by atoms with Gasteiger partial charge in [0.15, 0.2) is 0 Å². The molecule has 0 aromatic heterocycles. The Morgan fingerprint density at radius 2 is 1.81 bits per heavy atom. The van der Waals surface area contributed by atoms with Crippen LogP contribution in [0.3, 0.4) is 0 Å². The fraction of sp³-hybridized carbons (Fsp3) is 0.467. The van der Waals surface area contributed by atoms with Gasteiger partial charge >= 0.3 is 12.1 Å². The summed E-state index contributed by atoms with van der Waals surface area (Å²) in [6.07, 6.45) is 1.88. The van der Waals surface area contributed by atoms with Crippen LogP contribution >= 0.6 is 0 Å². The van der Waals surface area contributed by atoms with Gasteiger partial charge in [-0.15, -0.1) is 0 Å². The largest absolute Gasteiger partial charge is 0.478 e. The Kier molecular flexibility index (Phi) is 3.55. The first-order valence-corrected chi connectivity index (χ1v) is 7.01. The predicted octanol–water partition coefficient (Wildman–Crippen LogP) is 2.28. The zero-order valence-corrected chi connectivity index (χ0v) is 11.6. The number of rotatable bonds is 2. The van der Waals surface area contributed by atoms with Crippen molar-refractivity contribution in [2.45, 2.75) is 24.9 Å². The van der Waals surface area contributed by atoms with Crippen molar-refractivity contribution >= 4 is 17.7 Å². The van der Waals surface area contributed by atoms with Crippen LogP contribution in [0.4, 0.5) is 10.5 Å². The highest BCUT2D eigenvalue weighted by molar-refractivity contribution is 5.91. The van der Waals surface area contributed by atoms with Crippen molar-refractivity contribution in [1.82, 2.24) is 0 Å². The molecule has 2 fully saturated rings. The lowest BCUT2D eigenvalue weighted by Crippen LogP contribution is -2.52. The third-order valence-electron chi connectivity index (χ3n) is 4.15. The van der Waals surface area contributed by atoms with Gasteiger partial charge in [-0.2, -0.15) is 0 Å². The summed E-state index contributed by atoms with van der Waals surface area (Å²) < 4.78 is 11.0. The first-order chi connectivity index (χ1) is 10.1. The molecule has 1 spiro atoms. The minimum atomic E-state index is -0.982. The smallest absolute Gasteiger partial charge is 0.414 e. The maximum Gasteiger partial charge on any atom is 0.414 e. The van der Waals surface area contributed by atoms with E-state index in [1.165, 1.54) is 12.1 Å². The normalized spacial score (nSPS) is 21.1. The Bertz CT molecular complexity index is 548. The first kappa shape index (κ1) is 13.9. The van der Waals surface area contributed by atoms with Crippen LogP contribution in [0.1, 0.15) is 29.6 Å². The predicted molar refractivity (Wildman–Crippen MR) is 74.6 cm³/mol. The average molecular weight is 291 g/mol. The first-order valence-electron chi connectivity index (χ1n) is 7.01. The third kappa shape index (κ3) is 2.71. The molecule has 112 valence electrons. The number of carboxylic acid groups (broad SMARTS) is 1. The van der Waals surface area contributed by atoms with Gasteiger partial charge in [-0.25, -0.2) is 9.59 Å². The van der Waals surface area contributed by atoms with E-state index in [4.69, 9.17) is 14.6 Å². The Morgan fingerprint density at radius 3 is 2.38 bits per heavy atom. The zero-order valence-electron chi connectivity index (χ0n) is 11.6. The second-order valence-electron chi connectivity index (χ2n) is 5.42. The van der Waals surface area contributed by atoms with Crippen LogP contribution in [0.15, 0.2) is 24.3 Å². The standard InChI is InChI=1S/C15H17NO5/c17-13(18)11-1-3-12(4-2-11)16-8-5-15(21-14(16)19)6-9-20-10-7-15/h1-4H,5-10H2,(H,17,18). The second-order valence-corrected chi connectivity index (χ2v) is 5.42. The highest BCUT2D eigenvalue weighted by atomic mass is 16.6. The minimum Gasteiger partial charge on any atom is -0.478 e. The van der Waals surface area contributed by atoms with Gasteiger partial charge in [-0.05, 0) is 24.3 Å². The quantitative estimate of drug-likeness (QED) is 0.904. The highest BCUT2D eigenvalue weighted by Gasteiger charge is 2.42. The summed E-state index contributed by atoms with van der Waals surface area (Å²) in [4.78, 5) is 24.6. The van der Waals surface area contributed by atoms with Gasteiger partial charge in [0.25, 0.3) is 0 Å². The maximum absolute atomic E-state index is 12.2. The van der Waals surface area contributed by atoms with E-state index in [1.807, 2.05) is 0 Å². The van der Waals surface area contributed by atoms with Crippen LogP contribution in [-0.4, -0.2) is 42.5 Å². The fourth-order valence-corrected chi connectivity index (χ4v) is 2.81. The lowest BCUT2D eigenvalue weighted by atomic mass is 9.89. The summed E-state index contributed by atoms with van der Waals surface area (Å²) in [6, 6.07) is 6.24. The lowest BCUT2D eigenvalue weighted by Gasteiger charge is -2.43.